The fraction of sp³-hybridized carbons (Fsp3) is 0.448. The lowest BCUT2D eigenvalue weighted by Gasteiger charge is -2.40. The number of aryl methyl sites for hydroxylation is 1. The fourth-order valence-corrected chi connectivity index (χ4v) is 5.38. The highest BCUT2D eigenvalue weighted by molar-refractivity contribution is 6.09. The van der Waals surface area contributed by atoms with E-state index in [4.69, 9.17) is 10.5 Å². The van der Waals surface area contributed by atoms with E-state index in [1.165, 1.54) is 19.0 Å². The zero-order valence-electron chi connectivity index (χ0n) is 22.1. The lowest BCUT2D eigenvalue weighted by molar-refractivity contribution is 0.0939. The van der Waals surface area contributed by atoms with Gasteiger partial charge in [0.25, 0.3) is 5.91 Å². The minimum Gasteiger partial charge on any atom is -0.494 e. The van der Waals surface area contributed by atoms with Crippen LogP contribution in [0, 0.1) is 6.92 Å². The van der Waals surface area contributed by atoms with E-state index in [1.54, 1.807) is 13.3 Å². The van der Waals surface area contributed by atoms with Gasteiger partial charge in [-0.25, -0.2) is 0 Å². The molecule has 0 aliphatic carbocycles. The van der Waals surface area contributed by atoms with Crippen LogP contribution < -0.4 is 20.7 Å². The second kappa shape index (κ2) is 11.2. The fourth-order valence-electron chi connectivity index (χ4n) is 5.38. The van der Waals surface area contributed by atoms with Crippen LogP contribution in [0.5, 0.6) is 5.75 Å². The van der Waals surface area contributed by atoms with Gasteiger partial charge in [-0.15, -0.1) is 0 Å². The minimum absolute atomic E-state index is 0.0768. The summed E-state index contributed by atoms with van der Waals surface area (Å²) >= 11 is 0. The Morgan fingerprint density at radius 3 is 2.58 bits per heavy atom. The van der Waals surface area contributed by atoms with Gasteiger partial charge in [0.05, 0.1) is 12.6 Å². The van der Waals surface area contributed by atoms with Crippen molar-refractivity contribution in [1.82, 2.24) is 10.2 Å². The molecule has 7 heteroatoms. The normalized spacial score (nSPS) is 21.1. The van der Waals surface area contributed by atoms with E-state index in [0.29, 0.717) is 24.3 Å². The zero-order chi connectivity index (χ0) is 25.8. The monoisotopic (exact) mass is 489 g/mol. The topological polar surface area (TPSA) is 83.2 Å². The van der Waals surface area contributed by atoms with E-state index in [0.717, 1.165) is 46.8 Å². The van der Waals surface area contributed by atoms with E-state index in [1.807, 2.05) is 39.0 Å². The molecule has 2 bridgehead atoms. The maximum Gasteiger partial charge on any atom is 0.252 e. The third-order valence-corrected chi connectivity index (χ3v) is 7.55. The van der Waals surface area contributed by atoms with Crippen molar-refractivity contribution in [3.05, 3.63) is 64.9 Å². The summed E-state index contributed by atoms with van der Waals surface area (Å²) in [4.78, 5) is 22.5. The number of rotatable bonds is 8. The Hall–Kier alpha value is -3.32. The van der Waals surface area contributed by atoms with Crippen molar-refractivity contribution < 1.29 is 9.53 Å². The number of likely N-dealkylation sites (N-methyl/N-ethyl adjacent to an activating group) is 1. The molecule has 0 radical (unpaired) electrons. The van der Waals surface area contributed by atoms with Crippen LogP contribution in [-0.2, 0) is 0 Å². The molecule has 192 valence electrons. The maximum atomic E-state index is 13.4. The summed E-state index contributed by atoms with van der Waals surface area (Å²) in [6.07, 6.45) is 5.76. The summed E-state index contributed by atoms with van der Waals surface area (Å²) in [6.45, 7) is 8.51. The van der Waals surface area contributed by atoms with Gasteiger partial charge >= 0.3 is 0 Å². The summed E-state index contributed by atoms with van der Waals surface area (Å²) in [5, 5.41) is 3.20. The van der Waals surface area contributed by atoms with Crippen LogP contribution in [0.4, 0.5) is 5.69 Å². The summed E-state index contributed by atoms with van der Waals surface area (Å²) in [6, 6.07) is 13.2. The molecule has 1 amide bonds. The molecular weight excluding hydrogens is 450 g/mol. The van der Waals surface area contributed by atoms with Crippen LogP contribution in [0.2, 0.25) is 0 Å². The number of fused-ring (bicyclic) bond motifs is 2. The number of hydrogen-bond donors (Lipinski definition) is 2. The second-order valence-corrected chi connectivity index (χ2v) is 9.88. The molecule has 7 nitrogen and oxygen atoms in total. The zero-order valence-corrected chi connectivity index (χ0v) is 22.1. The van der Waals surface area contributed by atoms with Gasteiger partial charge in [-0.1, -0.05) is 6.07 Å². The lowest BCUT2D eigenvalue weighted by atomic mass is 9.99. The summed E-state index contributed by atoms with van der Waals surface area (Å²) < 4.78 is 5.80. The van der Waals surface area contributed by atoms with Crippen LogP contribution in [0.15, 0.2) is 47.6 Å². The molecule has 36 heavy (non-hydrogen) atoms. The Bertz CT molecular complexity index is 1140. The highest BCUT2D eigenvalue weighted by atomic mass is 16.5. The third kappa shape index (κ3) is 5.41. The first kappa shape index (κ1) is 25.8. The average molecular weight is 490 g/mol. The van der Waals surface area contributed by atoms with E-state index in [2.05, 4.69) is 45.4 Å². The first-order chi connectivity index (χ1) is 17.3. The number of anilines is 1. The molecule has 0 spiro atoms. The van der Waals surface area contributed by atoms with Gasteiger partial charge in [0.1, 0.15) is 5.75 Å². The number of carbonyl (C=O) groups is 1. The van der Waals surface area contributed by atoms with Crippen molar-refractivity contribution in [2.45, 2.75) is 51.7 Å². The molecule has 2 aliphatic rings. The van der Waals surface area contributed by atoms with Crippen LogP contribution in [-0.4, -0.2) is 62.9 Å². The molecule has 2 aromatic rings. The van der Waals surface area contributed by atoms with Gasteiger partial charge in [0.15, 0.2) is 0 Å². The second-order valence-electron chi connectivity index (χ2n) is 9.88. The van der Waals surface area contributed by atoms with Crippen molar-refractivity contribution >= 4 is 23.4 Å². The van der Waals surface area contributed by atoms with Gasteiger partial charge in [0.2, 0.25) is 0 Å². The summed E-state index contributed by atoms with van der Waals surface area (Å²) in [5.41, 5.74) is 11.3. The first-order valence-electron chi connectivity index (χ1n) is 12.8. The minimum atomic E-state index is -0.225. The number of amides is 1. The van der Waals surface area contributed by atoms with Gasteiger partial charge in [-0.2, -0.15) is 0 Å². The predicted molar refractivity (Wildman–Crippen MR) is 148 cm³/mol. The van der Waals surface area contributed by atoms with Crippen molar-refractivity contribution in [1.29, 1.82) is 0 Å². The van der Waals surface area contributed by atoms with Crippen molar-refractivity contribution in [2.24, 2.45) is 10.7 Å². The molecule has 2 aromatic carbocycles. The smallest absolute Gasteiger partial charge is 0.252 e. The van der Waals surface area contributed by atoms with Crippen LogP contribution >= 0.6 is 0 Å². The number of benzene rings is 2. The number of nitrogens with one attached hydrogen (secondary N) is 1. The number of nitrogens with zero attached hydrogens (tertiary/aromatic N) is 3. The molecule has 2 saturated heterocycles. The highest BCUT2D eigenvalue weighted by Gasteiger charge is 2.37. The van der Waals surface area contributed by atoms with Crippen LogP contribution in [0.3, 0.4) is 0 Å². The number of allylic oxidation sites excluding steroid dienone is 1. The SMILES string of the molecule is CCOc1cc(C(C=NC)=CN)cc([C@@H](C)NC(=O)c2cc(N3C[C@H]4CC[C@@H](C3)N4C)ccc2C)c1. The highest BCUT2D eigenvalue weighted by Crippen LogP contribution is 2.32. The Labute approximate surface area is 215 Å². The van der Waals surface area contributed by atoms with Crippen molar-refractivity contribution in [3.8, 4) is 5.75 Å². The Balaban J connectivity index is 1.55. The number of nitrogens with two attached hydrogens (primary N) is 1. The molecule has 4 rings (SSSR count). The van der Waals surface area contributed by atoms with Gasteiger partial charge in [-0.3, -0.25) is 14.7 Å². The van der Waals surface area contributed by atoms with E-state index >= 15 is 0 Å². The molecule has 2 aliphatic heterocycles. The van der Waals surface area contributed by atoms with E-state index in [9.17, 15) is 4.79 Å². The molecule has 0 saturated carbocycles. The third-order valence-electron chi connectivity index (χ3n) is 7.55. The van der Waals surface area contributed by atoms with Gasteiger partial charge in [-0.05, 0) is 87.7 Å². The lowest BCUT2D eigenvalue weighted by Crippen LogP contribution is -2.52. The Morgan fingerprint density at radius 1 is 1.22 bits per heavy atom. The summed E-state index contributed by atoms with van der Waals surface area (Å²) in [5.74, 6) is 0.657. The molecular formula is C29H39N5O2. The van der Waals surface area contributed by atoms with Gasteiger partial charge in [0, 0.05) is 61.5 Å². The molecule has 0 unspecified atom stereocenters. The largest absolute Gasteiger partial charge is 0.494 e. The van der Waals surface area contributed by atoms with Crippen LogP contribution in [0.25, 0.3) is 5.57 Å². The Kier molecular flexibility index (Phi) is 7.99. The molecule has 2 fully saturated rings. The average Bonchev–Trinajstić information content (AvgIpc) is 3.06. The standard InChI is InChI=1S/C29H39N5O2/c1-6-36-27-12-21(11-22(13-27)23(15-30)16-31-4)20(3)32-29(35)28-14-24(8-7-19(28)2)34-17-25-9-10-26(18-34)33(25)5/h7-8,11-16,20,25-26H,6,9-10,17-18,30H2,1-5H3,(H,32,35)/t20-,25-,26+/m1/s1. The number of carbonyl (C=O) groups excluding carboxylic acids is 1. The molecule has 3 N–H and O–H groups in total. The predicted octanol–water partition coefficient (Wildman–Crippen LogP) is 4.17. The van der Waals surface area contributed by atoms with Gasteiger partial charge < -0.3 is 20.7 Å². The Morgan fingerprint density at radius 2 is 1.94 bits per heavy atom. The van der Waals surface area contributed by atoms with E-state index in [-0.39, 0.29) is 11.9 Å². The number of ether oxygens (including phenoxy) is 1. The van der Waals surface area contributed by atoms with E-state index < -0.39 is 0 Å². The van der Waals surface area contributed by atoms with Crippen LogP contribution in [0.1, 0.15) is 59.8 Å². The first-order valence-corrected chi connectivity index (χ1v) is 12.8. The summed E-state index contributed by atoms with van der Waals surface area (Å²) in [7, 11) is 3.95. The van der Waals surface area contributed by atoms with Crippen molar-refractivity contribution in [2.75, 3.05) is 38.7 Å². The quantitative estimate of drug-likeness (QED) is 0.544. The molecule has 3 atom stereocenters. The van der Waals surface area contributed by atoms with Crippen molar-refractivity contribution in [3.63, 3.8) is 0 Å². The number of aliphatic imine (C=N–C) groups is 1. The molecule has 2 heterocycles. The molecule has 0 aromatic heterocycles. The number of hydrogen-bond acceptors (Lipinski definition) is 6. The number of piperazine rings is 1. The maximum absolute atomic E-state index is 13.4.